The van der Waals surface area contributed by atoms with Crippen LogP contribution in [0, 0.1) is 13.8 Å². The maximum Gasteiger partial charge on any atom is 0.277 e. The van der Waals surface area contributed by atoms with E-state index in [1.165, 1.54) is 0 Å². The van der Waals surface area contributed by atoms with E-state index in [1.807, 2.05) is 44.2 Å². The summed E-state index contributed by atoms with van der Waals surface area (Å²) in [5.74, 6) is 0.394. The third-order valence-corrected chi connectivity index (χ3v) is 3.36. The third-order valence-electron chi connectivity index (χ3n) is 3.36. The first kappa shape index (κ1) is 16.5. The normalized spacial score (nSPS) is 11.2. The number of rotatable bonds is 5. The summed E-state index contributed by atoms with van der Waals surface area (Å²) in [5, 5.41) is 4.07. The average molecular weight is 311 g/mol. The predicted molar refractivity (Wildman–Crippen MR) is 92.6 cm³/mol. The Morgan fingerprint density at radius 3 is 2.74 bits per heavy atom. The zero-order valence-corrected chi connectivity index (χ0v) is 13.6. The lowest BCUT2D eigenvalue weighted by molar-refractivity contribution is -0.123. The van der Waals surface area contributed by atoms with Crippen molar-refractivity contribution in [3.05, 3.63) is 59.2 Å². The third kappa shape index (κ3) is 4.85. The van der Waals surface area contributed by atoms with E-state index in [-0.39, 0.29) is 12.5 Å². The number of hydrazone groups is 1. The van der Waals surface area contributed by atoms with Gasteiger partial charge < -0.3 is 10.5 Å². The molecule has 0 spiro atoms. The first-order valence-corrected chi connectivity index (χ1v) is 7.35. The summed E-state index contributed by atoms with van der Waals surface area (Å²) in [6, 6.07) is 13.2. The molecule has 0 saturated carbocycles. The highest BCUT2D eigenvalue weighted by Gasteiger charge is 2.05. The molecule has 0 aliphatic heterocycles. The van der Waals surface area contributed by atoms with Gasteiger partial charge in [0.1, 0.15) is 5.75 Å². The van der Waals surface area contributed by atoms with Gasteiger partial charge in [-0.25, -0.2) is 5.43 Å². The topological polar surface area (TPSA) is 76.7 Å². The highest BCUT2D eigenvalue weighted by Crippen LogP contribution is 2.18. The Bertz CT molecular complexity index is 739. The smallest absolute Gasteiger partial charge is 0.277 e. The van der Waals surface area contributed by atoms with E-state index >= 15 is 0 Å². The second-order valence-electron chi connectivity index (χ2n) is 5.42. The lowest BCUT2D eigenvalue weighted by atomic mass is 10.1. The number of carbonyl (C=O) groups excluding carboxylic acids is 1. The van der Waals surface area contributed by atoms with Crippen LogP contribution in [0.5, 0.6) is 5.75 Å². The van der Waals surface area contributed by atoms with Gasteiger partial charge in [0, 0.05) is 5.69 Å². The van der Waals surface area contributed by atoms with Crippen LogP contribution in [0.25, 0.3) is 0 Å². The molecule has 5 heteroatoms. The van der Waals surface area contributed by atoms with Gasteiger partial charge in [-0.2, -0.15) is 5.10 Å². The summed E-state index contributed by atoms with van der Waals surface area (Å²) < 4.78 is 5.54. The Morgan fingerprint density at radius 1 is 1.22 bits per heavy atom. The molecule has 0 radical (unpaired) electrons. The number of aryl methyl sites for hydroxylation is 2. The molecule has 2 aromatic carbocycles. The number of benzene rings is 2. The Labute approximate surface area is 136 Å². The van der Waals surface area contributed by atoms with E-state index < -0.39 is 0 Å². The van der Waals surface area contributed by atoms with Crippen LogP contribution in [-0.2, 0) is 4.79 Å². The first-order valence-electron chi connectivity index (χ1n) is 7.35. The van der Waals surface area contributed by atoms with Crippen molar-refractivity contribution in [2.75, 3.05) is 12.3 Å². The van der Waals surface area contributed by atoms with Gasteiger partial charge in [-0.3, -0.25) is 4.79 Å². The number of amides is 1. The van der Waals surface area contributed by atoms with Gasteiger partial charge in [-0.05, 0) is 55.7 Å². The maximum atomic E-state index is 11.8. The van der Waals surface area contributed by atoms with Crippen LogP contribution in [-0.4, -0.2) is 18.2 Å². The molecule has 5 nitrogen and oxygen atoms in total. The number of nitrogens with zero attached hydrogens (tertiary/aromatic N) is 1. The van der Waals surface area contributed by atoms with E-state index in [0.717, 1.165) is 16.7 Å². The molecule has 0 unspecified atom stereocenters. The number of hydrogen-bond acceptors (Lipinski definition) is 4. The summed E-state index contributed by atoms with van der Waals surface area (Å²) >= 11 is 0. The number of hydrogen-bond donors (Lipinski definition) is 2. The minimum Gasteiger partial charge on any atom is -0.483 e. The van der Waals surface area contributed by atoms with E-state index in [9.17, 15) is 4.79 Å². The number of nitrogen functional groups attached to an aromatic ring is 1. The second-order valence-corrected chi connectivity index (χ2v) is 5.42. The van der Waals surface area contributed by atoms with Crippen molar-refractivity contribution < 1.29 is 9.53 Å². The maximum absolute atomic E-state index is 11.8. The summed E-state index contributed by atoms with van der Waals surface area (Å²) in [7, 11) is 0. The molecule has 3 N–H and O–H groups in total. The summed E-state index contributed by atoms with van der Waals surface area (Å²) in [6.45, 7) is 5.64. The highest BCUT2D eigenvalue weighted by molar-refractivity contribution is 5.99. The highest BCUT2D eigenvalue weighted by atomic mass is 16.5. The Balaban J connectivity index is 1.92. The fourth-order valence-corrected chi connectivity index (χ4v) is 2.01. The van der Waals surface area contributed by atoms with Gasteiger partial charge in [0.25, 0.3) is 5.91 Å². The molecule has 2 rings (SSSR count). The molecule has 0 atom stereocenters. The lowest BCUT2D eigenvalue weighted by Gasteiger charge is -2.09. The fourth-order valence-electron chi connectivity index (χ4n) is 2.01. The van der Waals surface area contributed by atoms with Crippen LogP contribution >= 0.6 is 0 Å². The minimum atomic E-state index is -0.311. The van der Waals surface area contributed by atoms with Gasteiger partial charge in [0.2, 0.25) is 0 Å². The zero-order chi connectivity index (χ0) is 16.8. The standard InChI is InChI=1S/C18H21N3O2/c1-12-7-8-13(2)17(9-12)23-11-18(22)21-20-14(3)15-5-4-6-16(19)10-15/h4-10H,11,19H2,1-3H3,(H,21,22). The van der Waals surface area contributed by atoms with Crippen LogP contribution in [0.1, 0.15) is 23.6 Å². The number of nitrogens with two attached hydrogens (primary N) is 1. The van der Waals surface area contributed by atoms with Crippen molar-refractivity contribution in [2.24, 2.45) is 5.10 Å². The van der Waals surface area contributed by atoms with Gasteiger partial charge in [-0.1, -0.05) is 24.3 Å². The largest absolute Gasteiger partial charge is 0.483 e. The molecular weight excluding hydrogens is 290 g/mol. The van der Waals surface area contributed by atoms with Crippen LogP contribution in [0.3, 0.4) is 0 Å². The van der Waals surface area contributed by atoms with E-state index in [0.29, 0.717) is 17.1 Å². The van der Waals surface area contributed by atoms with E-state index in [1.54, 1.807) is 19.1 Å². The monoisotopic (exact) mass is 311 g/mol. The van der Waals surface area contributed by atoms with E-state index in [2.05, 4.69) is 10.5 Å². The molecule has 0 fully saturated rings. The molecule has 23 heavy (non-hydrogen) atoms. The lowest BCUT2D eigenvalue weighted by Crippen LogP contribution is -2.25. The quantitative estimate of drug-likeness (QED) is 0.506. The van der Waals surface area contributed by atoms with Crippen molar-refractivity contribution in [1.29, 1.82) is 0 Å². The van der Waals surface area contributed by atoms with Crippen LogP contribution < -0.4 is 15.9 Å². The number of anilines is 1. The molecule has 0 aliphatic rings. The molecule has 0 saturated heterocycles. The first-order chi connectivity index (χ1) is 11.0. The second kappa shape index (κ2) is 7.45. The number of carbonyl (C=O) groups is 1. The van der Waals surface area contributed by atoms with Gasteiger partial charge in [-0.15, -0.1) is 0 Å². The van der Waals surface area contributed by atoms with Crippen molar-refractivity contribution in [3.63, 3.8) is 0 Å². The summed E-state index contributed by atoms with van der Waals surface area (Å²) in [4.78, 5) is 11.8. The number of nitrogens with one attached hydrogen (secondary N) is 1. The molecule has 2 aromatic rings. The SMILES string of the molecule is CC(=NNC(=O)COc1cc(C)ccc1C)c1cccc(N)c1. The number of ether oxygens (including phenoxy) is 1. The van der Waals surface area contributed by atoms with Crippen LogP contribution in [0.2, 0.25) is 0 Å². The van der Waals surface area contributed by atoms with Crippen molar-refractivity contribution >= 4 is 17.3 Å². The Hall–Kier alpha value is -2.82. The van der Waals surface area contributed by atoms with Crippen LogP contribution in [0.4, 0.5) is 5.69 Å². The average Bonchev–Trinajstić information content (AvgIpc) is 2.53. The molecular formula is C18H21N3O2. The van der Waals surface area contributed by atoms with Crippen molar-refractivity contribution in [3.8, 4) is 5.75 Å². The molecule has 0 bridgehead atoms. The molecule has 120 valence electrons. The zero-order valence-electron chi connectivity index (χ0n) is 13.6. The molecule has 0 aromatic heterocycles. The van der Waals surface area contributed by atoms with Crippen LogP contribution in [0.15, 0.2) is 47.6 Å². The molecule has 0 aliphatic carbocycles. The van der Waals surface area contributed by atoms with Crippen molar-refractivity contribution in [1.82, 2.24) is 5.43 Å². The summed E-state index contributed by atoms with van der Waals surface area (Å²) in [5.41, 5.74) is 12.5. The summed E-state index contributed by atoms with van der Waals surface area (Å²) in [6.07, 6.45) is 0. The van der Waals surface area contributed by atoms with Gasteiger partial charge >= 0.3 is 0 Å². The van der Waals surface area contributed by atoms with Crippen molar-refractivity contribution in [2.45, 2.75) is 20.8 Å². The molecule has 0 heterocycles. The van der Waals surface area contributed by atoms with E-state index in [4.69, 9.17) is 10.5 Å². The minimum absolute atomic E-state index is 0.0853. The Kier molecular flexibility index (Phi) is 5.36. The molecule has 1 amide bonds. The van der Waals surface area contributed by atoms with Gasteiger partial charge in [0.05, 0.1) is 5.71 Å². The predicted octanol–water partition coefficient (Wildman–Crippen LogP) is 2.80. The van der Waals surface area contributed by atoms with Gasteiger partial charge in [0.15, 0.2) is 6.61 Å². The Morgan fingerprint density at radius 2 is 2.00 bits per heavy atom. The fraction of sp³-hybridized carbons (Fsp3) is 0.222.